The van der Waals surface area contributed by atoms with Crippen LogP contribution in [0.1, 0.15) is 27.2 Å². The number of hydrogen-bond donors (Lipinski definition) is 0. The third kappa shape index (κ3) is 2.23. The highest BCUT2D eigenvalue weighted by Crippen LogP contribution is 2.51. The summed E-state index contributed by atoms with van der Waals surface area (Å²) in [6.45, 7) is 6.63. The Morgan fingerprint density at radius 2 is 2.00 bits per heavy atom. The van der Waals surface area contributed by atoms with Crippen molar-refractivity contribution in [3.63, 3.8) is 0 Å². The highest BCUT2D eigenvalue weighted by molar-refractivity contribution is 5.95. The van der Waals surface area contributed by atoms with Gasteiger partial charge < -0.3 is 4.74 Å². The minimum absolute atomic E-state index is 0.118. The van der Waals surface area contributed by atoms with E-state index in [9.17, 15) is 4.79 Å². The van der Waals surface area contributed by atoms with Gasteiger partial charge in [0, 0.05) is 11.8 Å². The van der Waals surface area contributed by atoms with Gasteiger partial charge >= 0.3 is 5.97 Å². The summed E-state index contributed by atoms with van der Waals surface area (Å²) < 4.78 is 5.32. The molecule has 0 amide bonds. The fourth-order valence-corrected chi connectivity index (χ4v) is 3.56. The standard InChI is InChI=1S/C20H22O2/c1-4-13(3)14-11-12-17-18(14)15-9-7-6-8-10-16(15)19(17)20(21)22-5-2/h6-12,17-18H,4-5H2,1-3H3/b14-13+. The van der Waals surface area contributed by atoms with Crippen molar-refractivity contribution < 1.29 is 9.53 Å². The summed E-state index contributed by atoms with van der Waals surface area (Å²) in [4.78, 5) is 12.5. The number of allylic oxidation sites excluding steroid dienone is 11. The van der Waals surface area contributed by atoms with E-state index in [1.165, 1.54) is 16.7 Å². The van der Waals surface area contributed by atoms with Gasteiger partial charge in [0.2, 0.25) is 0 Å². The molecule has 0 aromatic carbocycles. The second-order valence-corrected chi connectivity index (χ2v) is 5.87. The molecule has 0 bridgehead atoms. The fraction of sp³-hybridized carbons (Fsp3) is 0.350. The maximum absolute atomic E-state index is 12.5. The molecule has 3 aliphatic rings. The summed E-state index contributed by atoms with van der Waals surface area (Å²) in [6.07, 6.45) is 15.7. The fourth-order valence-electron chi connectivity index (χ4n) is 3.56. The molecule has 0 N–H and O–H groups in total. The average Bonchev–Trinajstić information content (AvgIpc) is 2.96. The summed E-state index contributed by atoms with van der Waals surface area (Å²) >= 11 is 0. The van der Waals surface area contributed by atoms with Crippen molar-refractivity contribution in [2.45, 2.75) is 27.2 Å². The van der Waals surface area contributed by atoms with E-state index >= 15 is 0 Å². The molecule has 0 fully saturated rings. The molecule has 0 aromatic heterocycles. The van der Waals surface area contributed by atoms with Crippen LogP contribution in [-0.2, 0) is 9.53 Å². The first kappa shape index (κ1) is 14.8. The Morgan fingerprint density at radius 1 is 1.18 bits per heavy atom. The first-order chi connectivity index (χ1) is 10.7. The number of ether oxygens (including phenoxy) is 1. The minimum atomic E-state index is -0.178. The van der Waals surface area contributed by atoms with Crippen LogP contribution in [0.2, 0.25) is 0 Å². The number of carbonyl (C=O) groups excluding carboxylic acids is 1. The van der Waals surface area contributed by atoms with Crippen LogP contribution in [-0.4, -0.2) is 12.6 Å². The molecule has 0 radical (unpaired) electrons. The zero-order valence-electron chi connectivity index (χ0n) is 13.4. The van der Waals surface area contributed by atoms with Crippen LogP contribution in [0, 0.1) is 11.8 Å². The number of fused-ring (bicyclic) bond motifs is 3. The van der Waals surface area contributed by atoms with Gasteiger partial charge in [0.25, 0.3) is 0 Å². The smallest absolute Gasteiger partial charge is 0.335 e. The van der Waals surface area contributed by atoms with Crippen LogP contribution < -0.4 is 0 Å². The van der Waals surface area contributed by atoms with Crippen LogP contribution >= 0.6 is 0 Å². The second kappa shape index (κ2) is 5.96. The molecular weight excluding hydrogens is 272 g/mol. The molecule has 0 spiro atoms. The molecule has 114 valence electrons. The Hall–Kier alpha value is -2.09. The van der Waals surface area contributed by atoms with E-state index in [0.29, 0.717) is 6.61 Å². The van der Waals surface area contributed by atoms with Gasteiger partial charge in [-0.05, 0) is 37.0 Å². The van der Waals surface area contributed by atoms with Gasteiger partial charge in [0.1, 0.15) is 0 Å². The summed E-state index contributed by atoms with van der Waals surface area (Å²) in [5.41, 5.74) is 5.86. The molecule has 3 rings (SSSR count). The van der Waals surface area contributed by atoms with Crippen molar-refractivity contribution in [2.24, 2.45) is 11.8 Å². The molecule has 2 heteroatoms. The molecule has 0 heterocycles. The molecule has 2 nitrogen and oxygen atoms in total. The van der Waals surface area contributed by atoms with E-state index in [4.69, 9.17) is 4.74 Å². The number of rotatable bonds is 3. The zero-order valence-corrected chi connectivity index (χ0v) is 13.4. The van der Waals surface area contributed by atoms with Crippen LogP contribution in [0.4, 0.5) is 0 Å². The van der Waals surface area contributed by atoms with Crippen molar-refractivity contribution in [2.75, 3.05) is 6.61 Å². The van der Waals surface area contributed by atoms with E-state index in [0.717, 1.165) is 17.6 Å². The van der Waals surface area contributed by atoms with E-state index < -0.39 is 0 Å². The molecule has 0 saturated heterocycles. The van der Waals surface area contributed by atoms with Crippen LogP contribution in [0.25, 0.3) is 0 Å². The van der Waals surface area contributed by atoms with Crippen molar-refractivity contribution in [3.05, 3.63) is 70.4 Å². The van der Waals surface area contributed by atoms with Crippen LogP contribution in [0.5, 0.6) is 0 Å². The average molecular weight is 294 g/mol. The van der Waals surface area contributed by atoms with Gasteiger partial charge in [-0.25, -0.2) is 4.79 Å². The zero-order chi connectivity index (χ0) is 15.7. The largest absolute Gasteiger partial charge is 0.463 e. The molecule has 0 aliphatic heterocycles. The molecule has 0 saturated carbocycles. The van der Waals surface area contributed by atoms with Gasteiger partial charge in [0.05, 0.1) is 12.2 Å². The van der Waals surface area contributed by atoms with E-state index in [1.54, 1.807) is 0 Å². The maximum atomic E-state index is 12.5. The topological polar surface area (TPSA) is 26.3 Å². The minimum Gasteiger partial charge on any atom is -0.463 e. The van der Waals surface area contributed by atoms with Gasteiger partial charge in [-0.3, -0.25) is 0 Å². The molecule has 0 aromatic rings. The SMILES string of the molecule is CCOC(=O)C1=C2C=CC=CC=C2C2/C(=C(\C)CC)C=CC12. The van der Waals surface area contributed by atoms with E-state index in [1.807, 2.05) is 25.2 Å². The summed E-state index contributed by atoms with van der Waals surface area (Å²) in [5, 5.41) is 0. The Bertz CT molecular complexity index is 680. The molecule has 22 heavy (non-hydrogen) atoms. The summed E-state index contributed by atoms with van der Waals surface area (Å²) in [7, 11) is 0. The van der Waals surface area contributed by atoms with Crippen LogP contribution in [0.15, 0.2) is 70.4 Å². The lowest BCUT2D eigenvalue weighted by molar-refractivity contribution is -0.139. The first-order valence-corrected chi connectivity index (χ1v) is 8.03. The number of carbonyl (C=O) groups is 1. The Labute approximate surface area is 132 Å². The van der Waals surface area contributed by atoms with Crippen molar-refractivity contribution >= 4 is 5.97 Å². The predicted octanol–water partition coefficient (Wildman–Crippen LogP) is 4.44. The lowest BCUT2D eigenvalue weighted by Crippen LogP contribution is -2.15. The summed E-state index contributed by atoms with van der Waals surface area (Å²) in [5.74, 6) is 0.206. The maximum Gasteiger partial charge on any atom is 0.335 e. The van der Waals surface area contributed by atoms with Crippen molar-refractivity contribution in [1.29, 1.82) is 0 Å². The molecule has 2 unspecified atom stereocenters. The molecule has 3 aliphatic carbocycles. The number of esters is 1. The molecule has 2 atom stereocenters. The second-order valence-electron chi connectivity index (χ2n) is 5.87. The normalized spacial score (nSPS) is 27.5. The van der Waals surface area contributed by atoms with Gasteiger partial charge in [-0.2, -0.15) is 0 Å². The lowest BCUT2D eigenvalue weighted by Gasteiger charge is -2.18. The first-order valence-electron chi connectivity index (χ1n) is 8.03. The molecular formula is C20H22O2. The third-order valence-electron chi connectivity index (χ3n) is 4.73. The lowest BCUT2D eigenvalue weighted by atomic mass is 9.85. The van der Waals surface area contributed by atoms with E-state index in [2.05, 4.69) is 38.2 Å². The monoisotopic (exact) mass is 294 g/mol. The number of hydrogen-bond acceptors (Lipinski definition) is 2. The van der Waals surface area contributed by atoms with Gasteiger partial charge in [-0.15, -0.1) is 0 Å². The van der Waals surface area contributed by atoms with Crippen LogP contribution in [0.3, 0.4) is 0 Å². The van der Waals surface area contributed by atoms with Crippen molar-refractivity contribution in [3.8, 4) is 0 Å². The predicted molar refractivity (Wildman–Crippen MR) is 89.1 cm³/mol. The van der Waals surface area contributed by atoms with Gasteiger partial charge in [-0.1, -0.05) is 55.0 Å². The Morgan fingerprint density at radius 3 is 2.73 bits per heavy atom. The quantitative estimate of drug-likeness (QED) is 0.719. The third-order valence-corrected chi connectivity index (χ3v) is 4.73. The Kier molecular flexibility index (Phi) is 4.02. The Balaban J connectivity index is 2.13. The van der Waals surface area contributed by atoms with Crippen molar-refractivity contribution in [1.82, 2.24) is 0 Å². The van der Waals surface area contributed by atoms with E-state index in [-0.39, 0.29) is 17.8 Å². The highest BCUT2D eigenvalue weighted by Gasteiger charge is 2.44. The highest BCUT2D eigenvalue weighted by atomic mass is 16.5. The summed E-state index contributed by atoms with van der Waals surface area (Å²) in [6, 6.07) is 0. The van der Waals surface area contributed by atoms with Gasteiger partial charge in [0.15, 0.2) is 0 Å².